The van der Waals surface area contributed by atoms with Crippen LogP contribution >= 0.6 is 11.3 Å². The predicted molar refractivity (Wildman–Crippen MR) is 99.6 cm³/mol. The van der Waals surface area contributed by atoms with Crippen LogP contribution in [0, 0.1) is 19.8 Å². The number of amides is 1. The first-order valence-electron chi connectivity index (χ1n) is 8.79. The molecule has 126 valence electrons. The Morgan fingerprint density at radius 1 is 1.29 bits per heavy atom. The molecule has 0 spiro atoms. The zero-order valence-electron chi connectivity index (χ0n) is 14.3. The summed E-state index contributed by atoms with van der Waals surface area (Å²) in [6, 6.07) is 8.89. The SMILES string of the molecule is Cc1ccc(NC(=O)CN2CCc3sccc3[C@H]2C2CC2)c(C)c1. The van der Waals surface area contributed by atoms with E-state index in [0.717, 1.165) is 30.1 Å². The van der Waals surface area contributed by atoms with E-state index in [9.17, 15) is 4.79 Å². The number of carbonyl (C=O) groups is 1. The Bertz CT molecular complexity index is 763. The van der Waals surface area contributed by atoms with Crippen molar-refractivity contribution in [2.24, 2.45) is 5.92 Å². The molecule has 1 aliphatic carbocycles. The van der Waals surface area contributed by atoms with E-state index in [1.807, 2.05) is 30.4 Å². The molecule has 0 bridgehead atoms. The third kappa shape index (κ3) is 3.13. The maximum atomic E-state index is 12.6. The van der Waals surface area contributed by atoms with Crippen LogP contribution in [-0.2, 0) is 11.2 Å². The molecule has 1 saturated carbocycles. The number of anilines is 1. The summed E-state index contributed by atoms with van der Waals surface area (Å²) in [7, 11) is 0. The van der Waals surface area contributed by atoms with Gasteiger partial charge in [0.15, 0.2) is 0 Å². The first-order valence-corrected chi connectivity index (χ1v) is 9.67. The van der Waals surface area contributed by atoms with Gasteiger partial charge in [-0.3, -0.25) is 9.69 Å². The summed E-state index contributed by atoms with van der Waals surface area (Å²) in [6.45, 7) is 5.61. The van der Waals surface area contributed by atoms with E-state index in [1.54, 1.807) is 0 Å². The third-order valence-electron chi connectivity index (χ3n) is 5.19. The van der Waals surface area contributed by atoms with E-state index in [0.29, 0.717) is 12.6 Å². The third-order valence-corrected chi connectivity index (χ3v) is 6.19. The Morgan fingerprint density at radius 3 is 2.88 bits per heavy atom. The lowest BCUT2D eigenvalue weighted by molar-refractivity contribution is -0.118. The summed E-state index contributed by atoms with van der Waals surface area (Å²) in [4.78, 5) is 16.5. The van der Waals surface area contributed by atoms with E-state index in [1.165, 1.54) is 28.8 Å². The number of hydrogen-bond donors (Lipinski definition) is 1. The highest BCUT2D eigenvalue weighted by molar-refractivity contribution is 7.10. The summed E-state index contributed by atoms with van der Waals surface area (Å²) in [5.74, 6) is 0.846. The minimum atomic E-state index is 0.103. The van der Waals surface area contributed by atoms with Crippen LogP contribution in [0.4, 0.5) is 5.69 Å². The van der Waals surface area contributed by atoms with Gasteiger partial charge in [0.05, 0.1) is 6.54 Å². The lowest BCUT2D eigenvalue weighted by atomic mass is 9.96. The molecule has 0 unspecified atom stereocenters. The Morgan fingerprint density at radius 2 is 2.12 bits per heavy atom. The summed E-state index contributed by atoms with van der Waals surface area (Å²) in [5.41, 5.74) is 4.76. The molecule has 2 aromatic rings. The van der Waals surface area contributed by atoms with Crippen molar-refractivity contribution in [2.75, 3.05) is 18.4 Å². The second-order valence-corrected chi connectivity index (χ2v) is 8.17. The van der Waals surface area contributed by atoms with Gasteiger partial charge in [-0.25, -0.2) is 0 Å². The van der Waals surface area contributed by atoms with Crippen LogP contribution in [0.5, 0.6) is 0 Å². The highest BCUT2D eigenvalue weighted by atomic mass is 32.1. The van der Waals surface area contributed by atoms with Crippen LogP contribution in [0.2, 0.25) is 0 Å². The number of benzene rings is 1. The van der Waals surface area contributed by atoms with Crippen molar-refractivity contribution in [2.45, 2.75) is 39.2 Å². The maximum absolute atomic E-state index is 12.6. The van der Waals surface area contributed by atoms with Crippen LogP contribution in [0.15, 0.2) is 29.6 Å². The van der Waals surface area contributed by atoms with E-state index >= 15 is 0 Å². The van der Waals surface area contributed by atoms with Crippen molar-refractivity contribution >= 4 is 22.9 Å². The molecule has 3 nitrogen and oxygen atoms in total. The molecule has 0 radical (unpaired) electrons. The molecule has 1 aliphatic heterocycles. The molecule has 1 N–H and O–H groups in total. The first-order chi connectivity index (χ1) is 11.6. The quantitative estimate of drug-likeness (QED) is 0.899. The highest BCUT2D eigenvalue weighted by Gasteiger charge is 2.40. The van der Waals surface area contributed by atoms with Crippen LogP contribution in [0.25, 0.3) is 0 Å². The normalized spacial score (nSPS) is 20.7. The lowest BCUT2D eigenvalue weighted by Crippen LogP contribution is -2.41. The van der Waals surface area contributed by atoms with E-state index in [4.69, 9.17) is 0 Å². The van der Waals surface area contributed by atoms with Crippen molar-refractivity contribution < 1.29 is 4.79 Å². The number of thiophene rings is 1. The number of hydrogen-bond acceptors (Lipinski definition) is 3. The average molecular weight is 340 g/mol. The fraction of sp³-hybridized carbons (Fsp3) is 0.450. The zero-order valence-corrected chi connectivity index (χ0v) is 15.2. The molecule has 4 rings (SSSR count). The Kier molecular flexibility index (Phi) is 4.19. The fourth-order valence-electron chi connectivity index (χ4n) is 3.87. The van der Waals surface area contributed by atoms with Gasteiger partial charge in [0.25, 0.3) is 0 Å². The van der Waals surface area contributed by atoms with E-state index in [2.05, 4.69) is 34.7 Å². The maximum Gasteiger partial charge on any atom is 0.238 e. The van der Waals surface area contributed by atoms with Gasteiger partial charge in [-0.2, -0.15) is 0 Å². The number of aryl methyl sites for hydroxylation is 2. The molecule has 1 atom stereocenters. The Hall–Kier alpha value is -1.65. The number of nitrogens with zero attached hydrogens (tertiary/aromatic N) is 1. The molecule has 1 amide bonds. The Labute approximate surface area is 147 Å². The van der Waals surface area contributed by atoms with Crippen molar-refractivity contribution in [3.8, 4) is 0 Å². The second kappa shape index (κ2) is 6.34. The minimum Gasteiger partial charge on any atom is -0.325 e. The molecular weight excluding hydrogens is 316 g/mol. The summed E-state index contributed by atoms with van der Waals surface area (Å²) in [6.07, 6.45) is 3.68. The number of rotatable bonds is 4. The van der Waals surface area contributed by atoms with Gasteiger partial charge >= 0.3 is 0 Å². The second-order valence-electron chi connectivity index (χ2n) is 7.17. The first kappa shape index (κ1) is 15.9. The van der Waals surface area contributed by atoms with Crippen molar-refractivity contribution in [3.63, 3.8) is 0 Å². The van der Waals surface area contributed by atoms with Crippen molar-refractivity contribution in [1.82, 2.24) is 4.90 Å². The summed E-state index contributed by atoms with van der Waals surface area (Å²) >= 11 is 1.87. The van der Waals surface area contributed by atoms with Gasteiger partial charge in [-0.1, -0.05) is 17.7 Å². The largest absolute Gasteiger partial charge is 0.325 e. The van der Waals surface area contributed by atoms with Gasteiger partial charge in [0.2, 0.25) is 5.91 Å². The molecule has 1 fully saturated rings. The molecule has 0 saturated heterocycles. The smallest absolute Gasteiger partial charge is 0.238 e. The predicted octanol–water partition coefficient (Wildman–Crippen LogP) is 4.31. The molecular formula is C20H24N2OS. The number of carbonyl (C=O) groups excluding carboxylic acids is 1. The molecule has 1 aromatic carbocycles. The average Bonchev–Trinajstić information content (AvgIpc) is 3.26. The number of nitrogens with one attached hydrogen (secondary N) is 1. The van der Waals surface area contributed by atoms with Crippen LogP contribution in [0.1, 0.15) is 40.5 Å². The molecule has 4 heteroatoms. The molecule has 1 aromatic heterocycles. The standard InChI is InChI=1S/C20H24N2OS/c1-13-3-6-17(14(2)11-13)21-19(23)12-22-9-7-18-16(8-10-24-18)20(22)15-4-5-15/h3,6,8,10-11,15,20H,4-5,7,9,12H2,1-2H3,(H,21,23)/t20-/m1/s1. The van der Waals surface area contributed by atoms with Gasteiger partial charge in [-0.15, -0.1) is 11.3 Å². The van der Waals surface area contributed by atoms with E-state index < -0.39 is 0 Å². The van der Waals surface area contributed by atoms with Crippen LogP contribution < -0.4 is 5.32 Å². The summed E-state index contributed by atoms with van der Waals surface area (Å²) in [5, 5.41) is 5.31. The number of fused-ring (bicyclic) bond motifs is 1. The van der Waals surface area contributed by atoms with Crippen LogP contribution in [0.3, 0.4) is 0 Å². The van der Waals surface area contributed by atoms with Gasteiger partial charge < -0.3 is 5.32 Å². The topological polar surface area (TPSA) is 32.3 Å². The van der Waals surface area contributed by atoms with Gasteiger partial charge in [0, 0.05) is 23.2 Å². The van der Waals surface area contributed by atoms with Crippen LogP contribution in [-0.4, -0.2) is 23.9 Å². The minimum absolute atomic E-state index is 0.103. The summed E-state index contributed by atoms with van der Waals surface area (Å²) < 4.78 is 0. The van der Waals surface area contributed by atoms with Crippen molar-refractivity contribution in [1.29, 1.82) is 0 Å². The lowest BCUT2D eigenvalue weighted by Gasteiger charge is -2.35. The monoisotopic (exact) mass is 340 g/mol. The molecule has 2 heterocycles. The highest BCUT2D eigenvalue weighted by Crippen LogP contribution is 2.48. The Balaban J connectivity index is 1.47. The fourth-order valence-corrected chi connectivity index (χ4v) is 4.78. The molecule has 24 heavy (non-hydrogen) atoms. The molecule has 2 aliphatic rings. The van der Waals surface area contributed by atoms with Gasteiger partial charge in [-0.05, 0) is 67.7 Å². The van der Waals surface area contributed by atoms with Crippen molar-refractivity contribution in [3.05, 3.63) is 51.2 Å². The van der Waals surface area contributed by atoms with Gasteiger partial charge in [0.1, 0.15) is 0 Å². The van der Waals surface area contributed by atoms with E-state index in [-0.39, 0.29) is 5.91 Å². The zero-order chi connectivity index (χ0) is 16.7.